The van der Waals surface area contributed by atoms with E-state index in [0.717, 1.165) is 16.7 Å². The van der Waals surface area contributed by atoms with Crippen LogP contribution in [0.2, 0.25) is 0 Å². The molecular weight excluding hydrogens is 728 g/mol. The highest BCUT2D eigenvalue weighted by Crippen LogP contribution is 2.45. The largest absolute Gasteiger partial charge is 0.459 e. The standard InChI is InChI=1S/C45H64N2O10/c1-11-36-45(8)40(49)28(4)38(57-45)26(2)22-44(7)41(56-43-37(48)35(47(9)10)20-27(3)54-43)29(5)39(30(6)42(50)55-36)51-24-34(25-52-44)46-53-23-31-16-15-19-33(21-31)32-17-13-12-14-18-32/h12-19,21,26-30,35-39,41,43,48H,11,20,22-25H2,1-10H3/b46-34+/t26-,27-,28?,29-,30-,35+,36-,37-,38?,39+,41-,43+,44-,45?/m1/s1. The van der Waals surface area contributed by atoms with Crippen LogP contribution in [0.25, 0.3) is 11.1 Å². The van der Waals surface area contributed by atoms with Gasteiger partial charge in [0, 0.05) is 17.9 Å². The van der Waals surface area contributed by atoms with E-state index in [-0.39, 0.29) is 43.7 Å². The zero-order chi connectivity index (χ0) is 41.2. The first-order valence-electron chi connectivity index (χ1n) is 20.7. The Balaban J connectivity index is 1.37. The molecule has 0 spiro atoms. The maximum absolute atomic E-state index is 14.2. The van der Waals surface area contributed by atoms with Crippen molar-refractivity contribution in [3.8, 4) is 11.1 Å². The number of fused-ring (bicyclic) bond motifs is 5. The molecule has 1 N–H and O–H groups in total. The summed E-state index contributed by atoms with van der Waals surface area (Å²) in [5, 5.41) is 16.2. The third-order valence-corrected chi connectivity index (χ3v) is 12.8. The third-order valence-electron chi connectivity index (χ3n) is 12.8. The maximum Gasteiger partial charge on any atom is 0.311 e. The average molecular weight is 793 g/mol. The van der Waals surface area contributed by atoms with Gasteiger partial charge in [-0.15, -0.1) is 0 Å². The zero-order valence-electron chi connectivity index (χ0n) is 35.4. The van der Waals surface area contributed by atoms with Crippen LogP contribution in [0, 0.1) is 23.7 Å². The number of ketones is 1. The Hall–Kier alpha value is -3.23. The molecular formula is C45H64N2O10. The average Bonchev–Trinajstić information content (AvgIpc) is 3.44. The van der Waals surface area contributed by atoms with Gasteiger partial charge in [0.2, 0.25) is 0 Å². The number of benzene rings is 2. The van der Waals surface area contributed by atoms with Gasteiger partial charge in [-0.1, -0.05) is 81.4 Å². The number of cyclic esters (lactones) is 1. The van der Waals surface area contributed by atoms with Gasteiger partial charge >= 0.3 is 5.97 Å². The molecule has 0 aromatic heterocycles. The van der Waals surface area contributed by atoms with Gasteiger partial charge in [0.25, 0.3) is 0 Å². The fourth-order valence-electron chi connectivity index (χ4n) is 9.62. The highest BCUT2D eigenvalue weighted by molar-refractivity contribution is 5.92. The Labute approximate surface area is 338 Å². The number of aliphatic hydroxyl groups is 1. The molecule has 0 radical (unpaired) electrons. The highest BCUT2D eigenvalue weighted by Gasteiger charge is 2.58. The van der Waals surface area contributed by atoms with Crippen LogP contribution >= 0.6 is 0 Å². The molecule has 12 nitrogen and oxygen atoms in total. The number of oxime groups is 1. The van der Waals surface area contributed by atoms with Crippen LogP contribution in [-0.4, -0.2) is 115 Å². The molecule has 0 aliphatic carbocycles. The Morgan fingerprint density at radius 2 is 1.65 bits per heavy atom. The number of hydrogen-bond acceptors (Lipinski definition) is 12. The van der Waals surface area contributed by atoms with E-state index in [1.165, 1.54) is 0 Å². The summed E-state index contributed by atoms with van der Waals surface area (Å²) in [6.45, 7) is 15.6. The van der Waals surface area contributed by atoms with Crippen molar-refractivity contribution in [1.82, 2.24) is 4.90 Å². The highest BCUT2D eigenvalue weighted by atomic mass is 16.7. The first kappa shape index (κ1) is 43.4. The Kier molecular flexibility index (Phi) is 13.7. The van der Waals surface area contributed by atoms with E-state index in [0.29, 0.717) is 25.0 Å². The van der Waals surface area contributed by atoms with Crippen LogP contribution in [0.3, 0.4) is 0 Å². The van der Waals surface area contributed by atoms with E-state index in [4.69, 9.17) is 33.3 Å². The van der Waals surface area contributed by atoms with Crippen molar-refractivity contribution in [3.05, 3.63) is 60.2 Å². The smallest absolute Gasteiger partial charge is 0.311 e. The van der Waals surface area contributed by atoms with Crippen LogP contribution in [-0.2, 0) is 49.5 Å². The lowest BCUT2D eigenvalue weighted by atomic mass is 9.75. The Bertz CT molecular complexity index is 1720. The lowest BCUT2D eigenvalue weighted by Crippen LogP contribution is -2.59. The summed E-state index contributed by atoms with van der Waals surface area (Å²) in [6.07, 6.45) is -3.52. The minimum atomic E-state index is -1.31. The van der Waals surface area contributed by atoms with Crippen LogP contribution < -0.4 is 0 Å². The number of ether oxygens (including phenoxy) is 6. The number of likely N-dealkylation sites (N-methyl/N-ethyl adjacent to an activating group) is 1. The minimum Gasteiger partial charge on any atom is -0.459 e. The molecule has 57 heavy (non-hydrogen) atoms. The van der Waals surface area contributed by atoms with E-state index < -0.39 is 71.7 Å². The molecule has 4 saturated heterocycles. The van der Waals surface area contributed by atoms with E-state index in [1.54, 1.807) is 13.8 Å². The van der Waals surface area contributed by atoms with Crippen molar-refractivity contribution in [3.63, 3.8) is 0 Å². The molecule has 14 atom stereocenters. The molecule has 2 aromatic rings. The van der Waals surface area contributed by atoms with Crippen molar-refractivity contribution in [1.29, 1.82) is 0 Å². The third kappa shape index (κ3) is 9.17. The SMILES string of the molecule is CC[C@H]1OC(=O)[C@H](C)[C@H]2OC/C(=N\OCc3cccc(-c4ccccc4)c3)CO[C@](C)(C[C@@H](C)C3OC1(C)C(=O)C3C)[C@H](O[C@@H]1O[C@H](C)C[C@H](N(C)C)[C@H]1O)[C@@H]2C. The number of esters is 1. The summed E-state index contributed by atoms with van der Waals surface area (Å²) in [5.41, 5.74) is 1.23. The maximum atomic E-state index is 14.2. The second kappa shape index (κ2) is 17.9. The molecule has 4 fully saturated rings. The number of rotatable bonds is 8. The molecule has 4 heterocycles. The molecule has 0 amide bonds. The summed E-state index contributed by atoms with van der Waals surface area (Å²) >= 11 is 0. The normalized spacial score (nSPS) is 40.0. The fraction of sp³-hybridized carbons (Fsp3) is 0.667. The first-order valence-corrected chi connectivity index (χ1v) is 20.7. The minimum absolute atomic E-state index is 0.0213. The van der Waals surface area contributed by atoms with E-state index in [2.05, 4.69) is 36.3 Å². The quantitative estimate of drug-likeness (QED) is 0.242. The summed E-state index contributed by atoms with van der Waals surface area (Å²) < 4.78 is 39.9. The van der Waals surface area contributed by atoms with Gasteiger partial charge in [0.1, 0.15) is 24.5 Å². The Morgan fingerprint density at radius 3 is 2.35 bits per heavy atom. The van der Waals surface area contributed by atoms with Gasteiger partial charge in [-0.2, -0.15) is 0 Å². The topological polar surface area (TPSA) is 135 Å². The molecule has 12 heteroatoms. The summed E-state index contributed by atoms with van der Waals surface area (Å²) in [7, 11) is 3.87. The second-order valence-corrected chi connectivity index (χ2v) is 17.5. The molecule has 314 valence electrons. The zero-order valence-corrected chi connectivity index (χ0v) is 35.4. The first-order chi connectivity index (χ1) is 27.1. The Morgan fingerprint density at radius 1 is 0.930 bits per heavy atom. The van der Waals surface area contributed by atoms with Crippen LogP contribution in [0.4, 0.5) is 0 Å². The van der Waals surface area contributed by atoms with Gasteiger partial charge in [-0.25, -0.2) is 0 Å². The van der Waals surface area contributed by atoms with E-state index in [9.17, 15) is 14.7 Å². The number of aliphatic hydroxyl groups excluding tert-OH is 1. The molecule has 4 aliphatic heterocycles. The number of hydrogen-bond donors (Lipinski definition) is 1. The molecule has 6 rings (SSSR count). The van der Waals surface area contributed by atoms with Crippen LogP contribution in [0.1, 0.15) is 80.2 Å². The van der Waals surface area contributed by atoms with Gasteiger partial charge < -0.3 is 43.3 Å². The lowest BCUT2D eigenvalue weighted by Gasteiger charge is -2.48. The van der Waals surface area contributed by atoms with Gasteiger partial charge in [-0.3, -0.25) is 9.59 Å². The predicted molar refractivity (Wildman–Crippen MR) is 215 cm³/mol. The number of Topliss-reactive ketones (excluding diaryl/α,β-unsaturated/α-hetero) is 1. The summed E-state index contributed by atoms with van der Waals surface area (Å²) in [6, 6.07) is 18.1. The fourth-order valence-corrected chi connectivity index (χ4v) is 9.62. The number of carbonyl (C=O) groups is 2. The van der Waals surface area contributed by atoms with Gasteiger partial charge in [0.15, 0.2) is 17.7 Å². The van der Waals surface area contributed by atoms with Crippen LogP contribution in [0.15, 0.2) is 59.8 Å². The molecule has 2 aromatic carbocycles. The molecule has 0 saturated carbocycles. The van der Waals surface area contributed by atoms with Crippen molar-refractivity contribution in [2.45, 2.75) is 141 Å². The van der Waals surface area contributed by atoms with Crippen molar-refractivity contribution in [2.75, 3.05) is 27.3 Å². The van der Waals surface area contributed by atoms with Crippen molar-refractivity contribution < 1.29 is 48.0 Å². The van der Waals surface area contributed by atoms with Gasteiger partial charge in [0.05, 0.1) is 49.1 Å². The van der Waals surface area contributed by atoms with E-state index >= 15 is 0 Å². The second-order valence-electron chi connectivity index (χ2n) is 17.5. The van der Waals surface area contributed by atoms with Crippen molar-refractivity contribution in [2.24, 2.45) is 28.8 Å². The number of nitrogens with zero attached hydrogens (tertiary/aromatic N) is 2. The van der Waals surface area contributed by atoms with Gasteiger partial charge in [-0.05, 0) is 89.7 Å². The summed E-state index contributed by atoms with van der Waals surface area (Å²) in [5.74, 6) is -2.55. The molecule has 4 bridgehead atoms. The predicted octanol–water partition coefficient (Wildman–Crippen LogP) is 6.21. The number of carbonyl (C=O) groups excluding carboxylic acids is 2. The van der Waals surface area contributed by atoms with E-state index in [1.807, 2.05) is 83.9 Å². The molecule has 4 aliphatic rings. The van der Waals surface area contributed by atoms with Crippen molar-refractivity contribution >= 4 is 17.5 Å². The molecule has 3 unspecified atom stereocenters. The van der Waals surface area contributed by atoms with Crippen LogP contribution in [0.5, 0.6) is 0 Å². The summed E-state index contributed by atoms with van der Waals surface area (Å²) in [4.78, 5) is 36.2. The monoisotopic (exact) mass is 792 g/mol. The lowest BCUT2D eigenvalue weighted by molar-refractivity contribution is -0.302.